The smallest absolute Gasteiger partial charge is 0.191 e. The van der Waals surface area contributed by atoms with Crippen LogP contribution in [-0.4, -0.2) is 57.0 Å². The number of sulfone groups is 1. The van der Waals surface area contributed by atoms with Gasteiger partial charge in [0.25, 0.3) is 0 Å². The molecular formula is C12H26IN3O2S2. The fourth-order valence-corrected chi connectivity index (χ4v) is 3.64. The van der Waals surface area contributed by atoms with E-state index in [-0.39, 0.29) is 35.5 Å². The van der Waals surface area contributed by atoms with Gasteiger partial charge in [-0.15, -0.1) is 24.0 Å². The molecule has 0 amide bonds. The standard InChI is InChI=1S/C12H25N3O2S2.HI/c1-4-19(16,17)8-7-14-12(13-2)15-10-5-6-11(9-10)18-3;/h10-11H,4-9H2,1-3H3,(H2,13,14,15);1H. The molecule has 0 saturated heterocycles. The lowest BCUT2D eigenvalue weighted by Crippen LogP contribution is -2.44. The van der Waals surface area contributed by atoms with Crippen molar-refractivity contribution < 1.29 is 8.42 Å². The molecule has 8 heteroatoms. The molecule has 0 aromatic carbocycles. The van der Waals surface area contributed by atoms with Gasteiger partial charge in [0.15, 0.2) is 15.8 Å². The highest BCUT2D eigenvalue weighted by atomic mass is 127. The second kappa shape index (κ2) is 10.1. The molecule has 0 radical (unpaired) electrons. The first-order valence-corrected chi connectivity index (χ1v) is 9.82. The SMILES string of the molecule is CCS(=O)(=O)CCNC(=NC)NC1CCC(SC)C1.I. The molecule has 0 bridgehead atoms. The summed E-state index contributed by atoms with van der Waals surface area (Å²) in [6.45, 7) is 2.08. The van der Waals surface area contributed by atoms with Gasteiger partial charge >= 0.3 is 0 Å². The van der Waals surface area contributed by atoms with Crippen LogP contribution < -0.4 is 10.6 Å². The number of guanidine groups is 1. The Labute approximate surface area is 144 Å². The summed E-state index contributed by atoms with van der Waals surface area (Å²) >= 11 is 1.92. The van der Waals surface area contributed by atoms with Crippen molar-refractivity contribution >= 4 is 51.5 Å². The number of hydrogen-bond donors (Lipinski definition) is 2. The van der Waals surface area contributed by atoms with Gasteiger partial charge in [0.05, 0.1) is 5.75 Å². The predicted octanol–water partition coefficient (Wildman–Crippen LogP) is 1.49. The largest absolute Gasteiger partial charge is 0.355 e. The number of nitrogens with zero attached hydrogens (tertiary/aromatic N) is 1. The van der Waals surface area contributed by atoms with E-state index in [0.29, 0.717) is 18.5 Å². The van der Waals surface area contributed by atoms with Crippen LogP contribution in [0.5, 0.6) is 0 Å². The first kappa shape index (κ1) is 20.3. The normalized spacial score (nSPS) is 23.2. The highest BCUT2D eigenvalue weighted by molar-refractivity contribution is 14.0. The van der Waals surface area contributed by atoms with E-state index in [4.69, 9.17) is 0 Å². The first-order chi connectivity index (χ1) is 9.00. The number of nitrogens with one attached hydrogen (secondary N) is 2. The van der Waals surface area contributed by atoms with E-state index in [9.17, 15) is 8.42 Å². The van der Waals surface area contributed by atoms with Gasteiger partial charge < -0.3 is 10.6 Å². The molecule has 20 heavy (non-hydrogen) atoms. The van der Waals surface area contributed by atoms with Gasteiger partial charge in [0, 0.05) is 30.6 Å². The minimum atomic E-state index is -2.91. The van der Waals surface area contributed by atoms with E-state index in [0.717, 1.165) is 18.1 Å². The zero-order chi connectivity index (χ0) is 14.3. The summed E-state index contributed by atoms with van der Waals surface area (Å²) in [4.78, 5) is 4.14. The van der Waals surface area contributed by atoms with Crippen molar-refractivity contribution in [3.63, 3.8) is 0 Å². The average molecular weight is 435 g/mol. The van der Waals surface area contributed by atoms with Crippen LogP contribution in [0.2, 0.25) is 0 Å². The monoisotopic (exact) mass is 435 g/mol. The molecule has 5 nitrogen and oxygen atoms in total. The summed E-state index contributed by atoms with van der Waals surface area (Å²) in [6.07, 6.45) is 5.68. The molecule has 0 heterocycles. The molecular weight excluding hydrogens is 409 g/mol. The third-order valence-corrected chi connectivity index (χ3v) is 6.23. The van der Waals surface area contributed by atoms with Crippen molar-refractivity contribution in [2.45, 2.75) is 37.5 Å². The van der Waals surface area contributed by atoms with Gasteiger partial charge in [-0.25, -0.2) is 8.42 Å². The van der Waals surface area contributed by atoms with E-state index in [1.807, 2.05) is 11.8 Å². The lowest BCUT2D eigenvalue weighted by Gasteiger charge is -2.17. The molecule has 2 N–H and O–H groups in total. The van der Waals surface area contributed by atoms with Crippen molar-refractivity contribution in [2.75, 3.05) is 31.4 Å². The molecule has 0 spiro atoms. The van der Waals surface area contributed by atoms with Crippen molar-refractivity contribution in [1.82, 2.24) is 10.6 Å². The minimum absolute atomic E-state index is 0. The molecule has 1 aliphatic rings. The number of aliphatic imine (C=N–C) groups is 1. The van der Waals surface area contributed by atoms with Crippen LogP contribution in [0.25, 0.3) is 0 Å². The Balaban J connectivity index is 0.00000361. The van der Waals surface area contributed by atoms with Crippen molar-refractivity contribution in [3.8, 4) is 0 Å². The molecule has 2 atom stereocenters. The second-order valence-electron chi connectivity index (χ2n) is 4.75. The van der Waals surface area contributed by atoms with Crippen molar-refractivity contribution in [1.29, 1.82) is 0 Å². The second-order valence-corrected chi connectivity index (χ2v) is 8.36. The maximum atomic E-state index is 11.4. The van der Waals surface area contributed by atoms with Crippen molar-refractivity contribution in [2.24, 2.45) is 4.99 Å². The molecule has 0 aliphatic heterocycles. The van der Waals surface area contributed by atoms with E-state index < -0.39 is 9.84 Å². The third kappa shape index (κ3) is 7.35. The Morgan fingerprint density at radius 3 is 2.60 bits per heavy atom. The Hall–Kier alpha value is 0.300. The molecule has 1 fully saturated rings. The zero-order valence-corrected chi connectivity index (χ0v) is 16.3. The van der Waals surface area contributed by atoms with E-state index in [2.05, 4.69) is 21.9 Å². The van der Waals surface area contributed by atoms with Crippen LogP contribution in [0.3, 0.4) is 0 Å². The Kier molecular flexibility index (Phi) is 10.2. The van der Waals surface area contributed by atoms with Crippen LogP contribution in [0.1, 0.15) is 26.2 Å². The van der Waals surface area contributed by atoms with Gasteiger partial charge in [0.2, 0.25) is 0 Å². The first-order valence-electron chi connectivity index (χ1n) is 6.71. The van der Waals surface area contributed by atoms with E-state index in [1.165, 1.54) is 6.42 Å². The summed E-state index contributed by atoms with van der Waals surface area (Å²) in [5.41, 5.74) is 0. The zero-order valence-electron chi connectivity index (χ0n) is 12.4. The van der Waals surface area contributed by atoms with Gasteiger partial charge in [-0.05, 0) is 25.5 Å². The van der Waals surface area contributed by atoms with Crippen LogP contribution in [0.4, 0.5) is 0 Å². The summed E-state index contributed by atoms with van der Waals surface area (Å²) in [6, 6.07) is 0.450. The maximum Gasteiger partial charge on any atom is 0.191 e. The number of hydrogen-bond acceptors (Lipinski definition) is 4. The molecule has 1 rings (SSSR count). The summed E-state index contributed by atoms with van der Waals surface area (Å²) in [5.74, 6) is 1.05. The van der Waals surface area contributed by atoms with Gasteiger partial charge in [-0.2, -0.15) is 11.8 Å². The Morgan fingerprint density at radius 1 is 1.40 bits per heavy atom. The van der Waals surface area contributed by atoms with Crippen LogP contribution in [0, 0.1) is 0 Å². The van der Waals surface area contributed by atoms with E-state index in [1.54, 1.807) is 14.0 Å². The van der Waals surface area contributed by atoms with Gasteiger partial charge in [0.1, 0.15) is 0 Å². The average Bonchev–Trinajstić information content (AvgIpc) is 2.85. The fourth-order valence-electron chi connectivity index (χ4n) is 2.14. The molecule has 1 saturated carbocycles. The summed E-state index contributed by atoms with van der Waals surface area (Å²) in [7, 11) is -1.20. The van der Waals surface area contributed by atoms with Crippen LogP contribution >= 0.6 is 35.7 Å². The fraction of sp³-hybridized carbons (Fsp3) is 0.917. The van der Waals surface area contributed by atoms with E-state index >= 15 is 0 Å². The number of halogens is 1. The third-order valence-electron chi connectivity index (χ3n) is 3.43. The summed E-state index contributed by atoms with van der Waals surface area (Å²) < 4.78 is 22.8. The van der Waals surface area contributed by atoms with Crippen molar-refractivity contribution in [3.05, 3.63) is 0 Å². The maximum absolute atomic E-state index is 11.4. The molecule has 1 aliphatic carbocycles. The van der Waals surface area contributed by atoms with Gasteiger partial charge in [-0.1, -0.05) is 6.92 Å². The Bertz CT molecular complexity index is 402. The minimum Gasteiger partial charge on any atom is -0.355 e. The highest BCUT2D eigenvalue weighted by Gasteiger charge is 2.24. The van der Waals surface area contributed by atoms with Gasteiger partial charge in [-0.3, -0.25) is 4.99 Å². The van der Waals surface area contributed by atoms with Crippen LogP contribution in [0.15, 0.2) is 4.99 Å². The number of thioether (sulfide) groups is 1. The lowest BCUT2D eigenvalue weighted by atomic mass is 10.2. The summed E-state index contributed by atoms with van der Waals surface area (Å²) in [5, 5.41) is 7.17. The number of rotatable bonds is 6. The Morgan fingerprint density at radius 2 is 2.10 bits per heavy atom. The molecule has 0 aromatic heterocycles. The molecule has 120 valence electrons. The quantitative estimate of drug-likeness (QED) is 0.376. The lowest BCUT2D eigenvalue weighted by molar-refractivity contribution is 0.594. The molecule has 0 aromatic rings. The predicted molar refractivity (Wildman–Crippen MR) is 99.2 cm³/mol. The molecule has 2 unspecified atom stereocenters. The topological polar surface area (TPSA) is 70.6 Å². The van der Waals surface area contributed by atoms with Crippen LogP contribution in [-0.2, 0) is 9.84 Å². The highest BCUT2D eigenvalue weighted by Crippen LogP contribution is 2.27.